The van der Waals surface area contributed by atoms with Gasteiger partial charge in [-0.05, 0) is 31.2 Å². The zero-order valence-corrected chi connectivity index (χ0v) is 14.7. The first kappa shape index (κ1) is 18.5. The van der Waals surface area contributed by atoms with E-state index in [2.05, 4.69) is 4.98 Å². The number of alkyl halides is 3. The van der Waals surface area contributed by atoms with Crippen LogP contribution in [0.25, 0.3) is 16.4 Å². The zero-order chi connectivity index (χ0) is 19.3. The zero-order valence-electron chi connectivity index (χ0n) is 13.1. The van der Waals surface area contributed by atoms with Gasteiger partial charge < -0.3 is 0 Å². The Labute approximate surface area is 149 Å². The van der Waals surface area contributed by atoms with Gasteiger partial charge in [0.05, 0.1) is 9.77 Å². The molecule has 0 saturated carbocycles. The average molecular weight is 405 g/mol. The van der Waals surface area contributed by atoms with Crippen LogP contribution in [0, 0.1) is 12.7 Å². The fourth-order valence-corrected chi connectivity index (χ4v) is 3.72. The van der Waals surface area contributed by atoms with Crippen molar-refractivity contribution in [2.45, 2.75) is 18.0 Å². The second kappa shape index (κ2) is 6.18. The first-order valence-electron chi connectivity index (χ1n) is 7.02. The predicted octanol–water partition coefficient (Wildman–Crippen LogP) is 3.71. The van der Waals surface area contributed by atoms with Crippen molar-refractivity contribution in [2.24, 2.45) is 5.14 Å². The number of rotatable bonds is 3. The molecule has 26 heavy (non-hydrogen) atoms. The van der Waals surface area contributed by atoms with Crippen molar-refractivity contribution in [1.82, 2.24) is 9.55 Å². The number of primary sulfonamides is 1. The number of halogens is 4. The number of thiophene rings is 1. The smallest absolute Gasteiger partial charge is 0.298 e. The molecule has 0 unspecified atom stereocenters. The monoisotopic (exact) mass is 405 g/mol. The molecule has 5 nitrogen and oxygen atoms in total. The van der Waals surface area contributed by atoms with E-state index in [0.717, 1.165) is 22.1 Å². The van der Waals surface area contributed by atoms with E-state index in [9.17, 15) is 26.0 Å². The molecule has 1 aromatic carbocycles. The van der Waals surface area contributed by atoms with Gasteiger partial charge in [0.2, 0.25) is 10.0 Å². The number of aromatic nitrogens is 2. The fraction of sp³-hybridized carbons (Fsp3) is 0.133. The molecule has 11 heteroatoms. The SMILES string of the molecule is Cc1c(F)csc1-c1nc(C(F)(F)F)cn1-c1ccc(S(N)(=O)=O)cc1. The summed E-state index contributed by atoms with van der Waals surface area (Å²) in [6.07, 6.45) is -3.91. The van der Waals surface area contributed by atoms with Gasteiger partial charge in [-0.25, -0.2) is 22.9 Å². The molecule has 0 spiro atoms. The Morgan fingerprint density at radius 1 is 1.19 bits per heavy atom. The Hall–Kier alpha value is -2.24. The molecule has 0 aliphatic heterocycles. The second-order valence-corrected chi connectivity index (χ2v) is 7.84. The normalized spacial score (nSPS) is 12.5. The molecule has 3 rings (SSSR count). The van der Waals surface area contributed by atoms with Crippen LogP contribution in [0.3, 0.4) is 0 Å². The van der Waals surface area contributed by atoms with E-state index >= 15 is 0 Å². The summed E-state index contributed by atoms with van der Waals surface area (Å²) < 4.78 is 76.7. The lowest BCUT2D eigenvalue weighted by molar-refractivity contribution is -0.140. The summed E-state index contributed by atoms with van der Waals surface area (Å²) in [5, 5.41) is 6.20. The lowest BCUT2D eigenvalue weighted by Crippen LogP contribution is -2.12. The molecule has 0 bridgehead atoms. The Kier molecular flexibility index (Phi) is 4.41. The summed E-state index contributed by atoms with van der Waals surface area (Å²) in [6, 6.07) is 4.93. The van der Waals surface area contributed by atoms with E-state index in [4.69, 9.17) is 5.14 Å². The van der Waals surface area contributed by atoms with Gasteiger partial charge in [0.1, 0.15) is 5.82 Å². The predicted molar refractivity (Wildman–Crippen MR) is 87.9 cm³/mol. The van der Waals surface area contributed by atoms with Crippen LogP contribution in [0.1, 0.15) is 11.3 Å². The van der Waals surface area contributed by atoms with E-state index in [0.29, 0.717) is 0 Å². The molecule has 138 valence electrons. The number of imidazole rings is 1. The van der Waals surface area contributed by atoms with Gasteiger partial charge in [-0.15, -0.1) is 11.3 Å². The number of nitrogens with zero attached hydrogens (tertiary/aromatic N) is 2. The van der Waals surface area contributed by atoms with Crippen molar-refractivity contribution in [1.29, 1.82) is 0 Å². The van der Waals surface area contributed by atoms with Gasteiger partial charge in [0, 0.05) is 22.8 Å². The summed E-state index contributed by atoms with van der Waals surface area (Å²) >= 11 is 0.928. The number of nitrogens with two attached hydrogens (primary N) is 1. The summed E-state index contributed by atoms with van der Waals surface area (Å²) in [4.78, 5) is 3.67. The van der Waals surface area contributed by atoms with Gasteiger partial charge in [-0.2, -0.15) is 13.2 Å². The minimum Gasteiger partial charge on any atom is -0.298 e. The van der Waals surface area contributed by atoms with E-state index in [1.807, 2.05) is 0 Å². The topological polar surface area (TPSA) is 78.0 Å². The molecule has 0 amide bonds. The lowest BCUT2D eigenvalue weighted by atomic mass is 10.2. The summed E-state index contributed by atoms with van der Waals surface area (Å²) in [6.45, 7) is 1.44. The number of hydrogen-bond donors (Lipinski definition) is 1. The molecule has 3 aromatic rings. The number of sulfonamides is 1. The Morgan fingerprint density at radius 3 is 2.27 bits per heavy atom. The van der Waals surface area contributed by atoms with Gasteiger partial charge in [-0.3, -0.25) is 4.57 Å². The minimum absolute atomic E-state index is 0.0907. The molecule has 0 atom stereocenters. The Bertz CT molecular complexity index is 1070. The first-order chi connectivity index (χ1) is 12.0. The van der Waals surface area contributed by atoms with Crippen molar-refractivity contribution in [3.63, 3.8) is 0 Å². The third-order valence-electron chi connectivity index (χ3n) is 3.62. The highest BCUT2D eigenvalue weighted by atomic mass is 32.2. The second-order valence-electron chi connectivity index (χ2n) is 5.39. The molecular formula is C15H11F4N3O2S2. The first-order valence-corrected chi connectivity index (χ1v) is 9.45. The van der Waals surface area contributed by atoms with Gasteiger partial charge in [0.25, 0.3) is 0 Å². The minimum atomic E-state index is -4.69. The van der Waals surface area contributed by atoms with Gasteiger partial charge in [-0.1, -0.05) is 0 Å². The molecule has 0 aliphatic carbocycles. The lowest BCUT2D eigenvalue weighted by Gasteiger charge is -2.08. The highest BCUT2D eigenvalue weighted by Gasteiger charge is 2.35. The maximum absolute atomic E-state index is 13.7. The summed E-state index contributed by atoms with van der Waals surface area (Å²) in [7, 11) is -3.94. The third-order valence-corrected chi connectivity index (χ3v) is 5.60. The highest BCUT2D eigenvalue weighted by Crippen LogP contribution is 2.36. The van der Waals surface area contributed by atoms with E-state index in [1.54, 1.807) is 0 Å². The fourth-order valence-electron chi connectivity index (χ4n) is 2.29. The highest BCUT2D eigenvalue weighted by molar-refractivity contribution is 7.89. The number of hydrogen-bond acceptors (Lipinski definition) is 4. The number of benzene rings is 1. The van der Waals surface area contributed by atoms with Crippen LogP contribution < -0.4 is 5.14 Å². The molecule has 0 radical (unpaired) electrons. The molecule has 2 heterocycles. The van der Waals surface area contributed by atoms with Crippen molar-refractivity contribution in [3.05, 3.63) is 52.9 Å². The van der Waals surface area contributed by atoms with Crippen LogP contribution in [0.15, 0.2) is 40.7 Å². The van der Waals surface area contributed by atoms with E-state index < -0.39 is 27.7 Å². The Morgan fingerprint density at radius 2 is 1.81 bits per heavy atom. The Balaban J connectivity index is 2.20. The van der Waals surface area contributed by atoms with Crippen LogP contribution in [0.4, 0.5) is 17.6 Å². The summed E-state index contributed by atoms with van der Waals surface area (Å²) in [5.41, 5.74) is -0.739. The van der Waals surface area contributed by atoms with Gasteiger partial charge >= 0.3 is 6.18 Å². The molecule has 0 saturated heterocycles. The van der Waals surface area contributed by atoms with Crippen LogP contribution in [-0.2, 0) is 16.2 Å². The van der Waals surface area contributed by atoms with E-state index in [-0.39, 0.29) is 26.8 Å². The van der Waals surface area contributed by atoms with Crippen molar-refractivity contribution in [3.8, 4) is 16.4 Å². The quantitative estimate of drug-likeness (QED) is 0.675. The van der Waals surface area contributed by atoms with Crippen LogP contribution in [0.5, 0.6) is 0 Å². The average Bonchev–Trinajstić information content (AvgIpc) is 3.11. The van der Waals surface area contributed by atoms with Crippen LogP contribution in [-0.4, -0.2) is 18.0 Å². The molecule has 2 N–H and O–H groups in total. The van der Waals surface area contributed by atoms with E-state index in [1.165, 1.54) is 36.6 Å². The van der Waals surface area contributed by atoms with Crippen molar-refractivity contribution >= 4 is 21.4 Å². The molecule has 2 aromatic heterocycles. The molecule has 0 aliphatic rings. The van der Waals surface area contributed by atoms with Gasteiger partial charge in [0.15, 0.2) is 11.5 Å². The van der Waals surface area contributed by atoms with Crippen LogP contribution >= 0.6 is 11.3 Å². The third kappa shape index (κ3) is 3.37. The maximum Gasteiger partial charge on any atom is 0.434 e. The molecule has 0 fully saturated rings. The maximum atomic E-state index is 13.7. The summed E-state index contributed by atoms with van der Waals surface area (Å²) in [5.74, 6) is -0.634. The van der Waals surface area contributed by atoms with Crippen molar-refractivity contribution < 1.29 is 26.0 Å². The van der Waals surface area contributed by atoms with Crippen molar-refractivity contribution in [2.75, 3.05) is 0 Å². The van der Waals surface area contributed by atoms with Crippen LogP contribution in [0.2, 0.25) is 0 Å². The molecular weight excluding hydrogens is 394 g/mol. The standard InChI is InChI=1S/C15H11F4N3O2S2/c1-8-11(16)7-25-13(8)14-21-12(15(17,18)19)6-22(14)9-2-4-10(5-3-9)26(20,23)24/h2-7H,1H3,(H2,20,23,24). The largest absolute Gasteiger partial charge is 0.434 e.